The van der Waals surface area contributed by atoms with Gasteiger partial charge in [0.2, 0.25) is 0 Å². The van der Waals surface area contributed by atoms with Crippen LogP contribution < -0.4 is 5.32 Å². The molecule has 4 heteroatoms. The number of piperidine rings is 1. The Morgan fingerprint density at radius 1 is 1.47 bits per heavy atom. The van der Waals surface area contributed by atoms with Crippen LogP contribution in [0.5, 0.6) is 0 Å². The maximum atomic E-state index is 9.99. The van der Waals surface area contributed by atoms with Gasteiger partial charge in [-0.1, -0.05) is 0 Å². The first-order chi connectivity index (χ1) is 7.07. The summed E-state index contributed by atoms with van der Waals surface area (Å²) in [6, 6.07) is 0. The second-order valence-corrected chi connectivity index (χ2v) is 4.97. The molecule has 0 aromatic carbocycles. The molecule has 0 radical (unpaired) electrons. The Bertz CT molecular complexity index is 302. The third-order valence-electron chi connectivity index (χ3n) is 3.34. The largest absolute Gasteiger partial charge is 0.390 e. The SMILES string of the molecule is CC(C)(O)C1CNCC(c2cn[nH]c2)C1. The summed E-state index contributed by atoms with van der Waals surface area (Å²) in [5.74, 6) is 0.778. The Labute approximate surface area is 90.1 Å². The van der Waals surface area contributed by atoms with Crippen LogP contribution in [0.2, 0.25) is 0 Å². The number of aromatic amines is 1. The molecule has 2 atom stereocenters. The van der Waals surface area contributed by atoms with E-state index in [2.05, 4.69) is 15.5 Å². The third-order valence-corrected chi connectivity index (χ3v) is 3.34. The number of aliphatic hydroxyl groups is 1. The van der Waals surface area contributed by atoms with Gasteiger partial charge in [-0.3, -0.25) is 5.10 Å². The fourth-order valence-corrected chi connectivity index (χ4v) is 2.22. The highest BCUT2D eigenvalue weighted by Crippen LogP contribution is 2.31. The van der Waals surface area contributed by atoms with Crippen molar-refractivity contribution in [3.05, 3.63) is 18.0 Å². The van der Waals surface area contributed by atoms with E-state index in [1.807, 2.05) is 26.2 Å². The van der Waals surface area contributed by atoms with E-state index in [-0.39, 0.29) is 0 Å². The molecule has 1 aromatic rings. The molecule has 1 aliphatic heterocycles. The van der Waals surface area contributed by atoms with Crippen molar-refractivity contribution >= 4 is 0 Å². The number of hydrogen-bond acceptors (Lipinski definition) is 3. The summed E-state index contributed by atoms with van der Waals surface area (Å²) in [6.45, 7) is 5.65. The second-order valence-electron chi connectivity index (χ2n) is 4.97. The number of nitrogens with one attached hydrogen (secondary N) is 2. The van der Waals surface area contributed by atoms with Gasteiger partial charge >= 0.3 is 0 Å². The molecule has 2 rings (SSSR count). The van der Waals surface area contributed by atoms with Gasteiger partial charge in [-0.05, 0) is 31.7 Å². The summed E-state index contributed by atoms with van der Waals surface area (Å²) in [5, 5.41) is 20.2. The van der Waals surface area contributed by atoms with Gasteiger partial charge in [-0.25, -0.2) is 0 Å². The minimum absolute atomic E-state index is 0.311. The Morgan fingerprint density at radius 2 is 2.27 bits per heavy atom. The van der Waals surface area contributed by atoms with Crippen LogP contribution in [0.4, 0.5) is 0 Å². The zero-order chi connectivity index (χ0) is 10.9. The van der Waals surface area contributed by atoms with Gasteiger partial charge in [-0.2, -0.15) is 5.10 Å². The lowest BCUT2D eigenvalue weighted by Crippen LogP contribution is -2.44. The molecule has 4 nitrogen and oxygen atoms in total. The fourth-order valence-electron chi connectivity index (χ4n) is 2.22. The van der Waals surface area contributed by atoms with Crippen LogP contribution in [-0.4, -0.2) is 34.0 Å². The lowest BCUT2D eigenvalue weighted by atomic mass is 9.79. The Kier molecular flexibility index (Phi) is 2.80. The summed E-state index contributed by atoms with van der Waals surface area (Å²) in [7, 11) is 0. The molecule has 0 amide bonds. The Morgan fingerprint density at radius 3 is 2.87 bits per heavy atom. The van der Waals surface area contributed by atoms with Crippen molar-refractivity contribution in [3.63, 3.8) is 0 Å². The van der Waals surface area contributed by atoms with E-state index in [0.717, 1.165) is 19.5 Å². The molecule has 1 fully saturated rings. The highest BCUT2D eigenvalue weighted by atomic mass is 16.3. The monoisotopic (exact) mass is 209 g/mol. The van der Waals surface area contributed by atoms with Gasteiger partial charge in [0.15, 0.2) is 0 Å². The average molecular weight is 209 g/mol. The molecule has 2 unspecified atom stereocenters. The van der Waals surface area contributed by atoms with Crippen LogP contribution in [0.15, 0.2) is 12.4 Å². The van der Waals surface area contributed by atoms with E-state index in [0.29, 0.717) is 11.8 Å². The van der Waals surface area contributed by atoms with Gasteiger partial charge in [0.25, 0.3) is 0 Å². The lowest BCUT2D eigenvalue weighted by molar-refractivity contribution is 0.00335. The molecule has 0 aliphatic carbocycles. The van der Waals surface area contributed by atoms with Crippen molar-refractivity contribution in [2.45, 2.75) is 31.8 Å². The minimum atomic E-state index is -0.602. The normalized spacial score (nSPS) is 27.9. The average Bonchev–Trinajstić information content (AvgIpc) is 2.69. The van der Waals surface area contributed by atoms with E-state index in [9.17, 15) is 5.11 Å². The second kappa shape index (κ2) is 3.94. The lowest BCUT2D eigenvalue weighted by Gasteiger charge is -2.36. The van der Waals surface area contributed by atoms with Gasteiger partial charge < -0.3 is 10.4 Å². The summed E-state index contributed by atoms with van der Waals surface area (Å²) < 4.78 is 0. The van der Waals surface area contributed by atoms with E-state index in [4.69, 9.17) is 0 Å². The first kappa shape index (κ1) is 10.6. The van der Waals surface area contributed by atoms with E-state index < -0.39 is 5.60 Å². The highest BCUT2D eigenvalue weighted by molar-refractivity contribution is 5.13. The third kappa shape index (κ3) is 2.38. The van der Waals surface area contributed by atoms with Crippen LogP contribution in [0, 0.1) is 5.92 Å². The van der Waals surface area contributed by atoms with Crippen molar-refractivity contribution < 1.29 is 5.11 Å². The van der Waals surface area contributed by atoms with Gasteiger partial charge in [0, 0.05) is 25.2 Å². The summed E-state index contributed by atoms with van der Waals surface area (Å²) >= 11 is 0. The summed E-state index contributed by atoms with van der Waals surface area (Å²) in [4.78, 5) is 0. The smallest absolute Gasteiger partial charge is 0.0632 e. The molecular weight excluding hydrogens is 190 g/mol. The predicted octanol–water partition coefficient (Wildman–Crippen LogP) is 0.874. The topological polar surface area (TPSA) is 60.9 Å². The minimum Gasteiger partial charge on any atom is -0.390 e. The summed E-state index contributed by atoms with van der Waals surface area (Å²) in [6.07, 6.45) is 4.84. The van der Waals surface area contributed by atoms with Crippen LogP contribution in [0.1, 0.15) is 31.7 Å². The van der Waals surface area contributed by atoms with Gasteiger partial charge in [0.1, 0.15) is 0 Å². The first-order valence-corrected chi connectivity index (χ1v) is 5.49. The number of rotatable bonds is 2. The maximum Gasteiger partial charge on any atom is 0.0632 e. The number of nitrogens with zero attached hydrogens (tertiary/aromatic N) is 1. The molecule has 0 bridgehead atoms. The first-order valence-electron chi connectivity index (χ1n) is 5.49. The quantitative estimate of drug-likeness (QED) is 0.677. The fraction of sp³-hybridized carbons (Fsp3) is 0.727. The van der Waals surface area contributed by atoms with Gasteiger partial charge in [0.05, 0.1) is 11.8 Å². The maximum absolute atomic E-state index is 9.99. The number of aromatic nitrogens is 2. The van der Waals surface area contributed by atoms with E-state index in [1.54, 1.807) is 0 Å². The molecule has 1 saturated heterocycles. The van der Waals surface area contributed by atoms with Crippen LogP contribution >= 0.6 is 0 Å². The zero-order valence-corrected chi connectivity index (χ0v) is 9.33. The number of H-pyrrole nitrogens is 1. The molecule has 0 spiro atoms. The van der Waals surface area contributed by atoms with E-state index in [1.165, 1.54) is 5.56 Å². The molecule has 15 heavy (non-hydrogen) atoms. The van der Waals surface area contributed by atoms with Crippen molar-refractivity contribution in [2.75, 3.05) is 13.1 Å². The number of hydrogen-bond donors (Lipinski definition) is 3. The molecule has 84 valence electrons. The van der Waals surface area contributed by atoms with Crippen LogP contribution in [0.25, 0.3) is 0 Å². The molecule has 1 aromatic heterocycles. The molecule has 1 aliphatic rings. The molecule has 3 N–H and O–H groups in total. The van der Waals surface area contributed by atoms with Crippen LogP contribution in [-0.2, 0) is 0 Å². The summed E-state index contributed by atoms with van der Waals surface area (Å²) in [5.41, 5.74) is 0.631. The predicted molar refractivity (Wildman–Crippen MR) is 58.6 cm³/mol. The van der Waals surface area contributed by atoms with Crippen molar-refractivity contribution in [1.82, 2.24) is 15.5 Å². The molecule has 2 heterocycles. The molecule has 0 saturated carbocycles. The van der Waals surface area contributed by atoms with Gasteiger partial charge in [-0.15, -0.1) is 0 Å². The Hall–Kier alpha value is -0.870. The van der Waals surface area contributed by atoms with Crippen molar-refractivity contribution in [1.29, 1.82) is 0 Å². The van der Waals surface area contributed by atoms with Crippen molar-refractivity contribution in [3.8, 4) is 0 Å². The highest BCUT2D eigenvalue weighted by Gasteiger charge is 2.32. The standard InChI is InChI=1S/C11H19N3O/c1-11(2,15)10-3-8(4-12-7-10)9-5-13-14-6-9/h5-6,8,10,12,15H,3-4,7H2,1-2H3,(H,13,14). The molecular formula is C11H19N3O. The Balaban J connectivity index is 2.05. The van der Waals surface area contributed by atoms with Crippen LogP contribution in [0.3, 0.4) is 0 Å². The van der Waals surface area contributed by atoms with Crippen molar-refractivity contribution in [2.24, 2.45) is 5.92 Å². The zero-order valence-electron chi connectivity index (χ0n) is 9.33. The van der Waals surface area contributed by atoms with E-state index >= 15 is 0 Å².